The van der Waals surface area contributed by atoms with Crippen LogP contribution in [0, 0.1) is 21.4 Å². The van der Waals surface area contributed by atoms with Gasteiger partial charge in [0.1, 0.15) is 17.3 Å². The lowest BCUT2D eigenvalue weighted by Crippen LogP contribution is -2.41. The molecule has 1 fully saturated rings. The van der Waals surface area contributed by atoms with Gasteiger partial charge in [-0.05, 0) is 36.6 Å². The van der Waals surface area contributed by atoms with Crippen molar-refractivity contribution >= 4 is 22.6 Å². The Morgan fingerprint density at radius 3 is 2.79 bits per heavy atom. The largest absolute Gasteiger partial charge is 0.333 e. The minimum absolute atomic E-state index is 0.00924. The number of nitriles is 1. The van der Waals surface area contributed by atoms with Crippen molar-refractivity contribution in [1.29, 1.82) is 5.26 Å². The van der Waals surface area contributed by atoms with Gasteiger partial charge in [-0.3, -0.25) is 19.9 Å². The molecule has 0 atom stereocenters. The zero-order chi connectivity index (χ0) is 19.4. The van der Waals surface area contributed by atoms with Gasteiger partial charge in [0.2, 0.25) is 0 Å². The molecule has 1 aliphatic carbocycles. The van der Waals surface area contributed by atoms with E-state index in [9.17, 15) is 14.9 Å². The van der Waals surface area contributed by atoms with E-state index in [1.807, 2.05) is 27.7 Å². The van der Waals surface area contributed by atoms with Crippen LogP contribution in [0.4, 0.5) is 5.69 Å². The molecule has 2 aromatic heterocycles. The second-order valence-corrected chi connectivity index (χ2v) is 7.08. The fraction of sp³-hybridized carbons (Fsp3) is 0.250. The Hall–Kier alpha value is -3.73. The third kappa shape index (κ3) is 2.29. The predicted molar refractivity (Wildman–Crippen MR) is 101 cm³/mol. The third-order valence-corrected chi connectivity index (χ3v) is 5.44. The normalized spacial score (nSPS) is 16.1. The number of nitro benzene ring substituents is 1. The highest BCUT2D eigenvalue weighted by Crippen LogP contribution is 2.40. The maximum Gasteiger partial charge on any atom is 0.287 e. The molecule has 8 nitrogen and oxygen atoms in total. The van der Waals surface area contributed by atoms with Gasteiger partial charge in [-0.2, -0.15) is 5.26 Å². The number of carbonyl (C=O) groups excluding carboxylic acids is 1. The molecule has 0 unspecified atom stereocenters. The number of nitro groups is 1. The van der Waals surface area contributed by atoms with E-state index in [1.54, 1.807) is 12.3 Å². The quantitative estimate of drug-likeness (QED) is 0.518. The number of hydrogen-bond donors (Lipinski definition) is 0. The Morgan fingerprint density at radius 2 is 2.07 bits per heavy atom. The van der Waals surface area contributed by atoms with Crippen LogP contribution in [-0.4, -0.2) is 37.9 Å². The Balaban J connectivity index is 1.79. The van der Waals surface area contributed by atoms with Crippen molar-refractivity contribution < 1.29 is 9.72 Å². The lowest BCUT2D eigenvalue weighted by atomic mass is 10.0. The first-order valence-corrected chi connectivity index (χ1v) is 9.07. The van der Waals surface area contributed by atoms with Crippen molar-refractivity contribution in [3.8, 4) is 17.2 Å². The number of pyridine rings is 1. The summed E-state index contributed by atoms with van der Waals surface area (Å²) in [5, 5.41) is 20.6. The van der Waals surface area contributed by atoms with E-state index in [2.05, 4.69) is 4.98 Å². The number of nitrogens with zero attached hydrogens (tertiary/aromatic N) is 5. The molecule has 28 heavy (non-hydrogen) atoms. The molecule has 0 N–H and O–H groups in total. The number of benzene rings is 1. The van der Waals surface area contributed by atoms with Crippen molar-refractivity contribution in [2.75, 3.05) is 6.54 Å². The molecule has 1 saturated carbocycles. The molecule has 0 radical (unpaired) electrons. The first kappa shape index (κ1) is 16.4. The van der Waals surface area contributed by atoms with Crippen LogP contribution in [0.25, 0.3) is 22.2 Å². The highest BCUT2D eigenvalue weighted by molar-refractivity contribution is 6.09. The molecule has 1 amide bonds. The van der Waals surface area contributed by atoms with Crippen LogP contribution >= 0.6 is 0 Å². The molecule has 1 aliphatic heterocycles. The summed E-state index contributed by atoms with van der Waals surface area (Å²) in [7, 11) is 0. The summed E-state index contributed by atoms with van der Waals surface area (Å²) < 4.78 is 1.96. The molecule has 5 rings (SSSR count). The number of aromatic nitrogens is 2. The van der Waals surface area contributed by atoms with Crippen LogP contribution < -0.4 is 0 Å². The summed E-state index contributed by atoms with van der Waals surface area (Å²) in [4.78, 5) is 30.5. The molecule has 2 aliphatic rings. The van der Waals surface area contributed by atoms with Gasteiger partial charge in [0.15, 0.2) is 0 Å². The van der Waals surface area contributed by atoms with Crippen LogP contribution in [0.1, 0.15) is 28.9 Å². The number of hydrogen-bond acceptors (Lipinski definition) is 5. The van der Waals surface area contributed by atoms with E-state index < -0.39 is 4.92 Å². The predicted octanol–water partition coefficient (Wildman–Crippen LogP) is 3.10. The molecule has 138 valence electrons. The Labute approximate surface area is 159 Å². The molecule has 0 bridgehead atoms. The van der Waals surface area contributed by atoms with Crippen molar-refractivity contribution in [2.45, 2.75) is 25.4 Å². The first-order valence-electron chi connectivity index (χ1n) is 9.07. The maximum atomic E-state index is 13.3. The molecule has 0 saturated heterocycles. The van der Waals surface area contributed by atoms with E-state index in [1.165, 1.54) is 12.1 Å². The first-order chi connectivity index (χ1) is 13.6. The number of rotatable bonds is 3. The minimum atomic E-state index is -0.571. The second kappa shape index (κ2) is 5.89. The van der Waals surface area contributed by atoms with E-state index in [0.29, 0.717) is 35.4 Å². The van der Waals surface area contributed by atoms with Gasteiger partial charge in [-0.25, -0.2) is 0 Å². The molecule has 1 aromatic carbocycles. The van der Waals surface area contributed by atoms with Crippen LogP contribution in [0.3, 0.4) is 0 Å². The fourth-order valence-corrected chi connectivity index (χ4v) is 4.02. The SMILES string of the molecule is N#Cc1ccc(-c2c3n(c4cccnc24)CCN(C2CC2)C3=O)cc1[N+](=O)[O-]. The third-order valence-electron chi connectivity index (χ3n) is 5.44. The van der Waals surface area contributed by atoms with E-state index >= 15 is 0 Å². The summed E-state index contributed by atoms with van der Waals surface area (Å²) in [6.07, 6.45) is 3.68. The lowest BCUT2D eigenvalue weighted by molar-refractivity contribution is -0.385. The van der Waals surface area contributed by atoms with Gasteiger partial charge in [0.25, 0.3) is 11.6 Å². The van der Waals surface area contributed by atoms with Gasteiger partial charge in [0, 0.05) is 37.0 Å². The van der Waals surface area contributed by atoms with E-state index in [4.69, 9.17) is 5.26 Å². The Kier molecular flexibility index (Phi) is 3.46. The second-order valence-electron chi connectivity index (χ2n) is 7.08. The molecular weight excluding hydrogens is 358 g/mol. The zero-order valence-corrected chi connectivity index (χ0v) is 14.8. The average molecular weight is 373 g/mol. The summed E-state index contributed by atoms with van der Waals surface area (Å²) in [6, 6.07) is 10.3. The summed E-state index contributed by atoms with van der Waals surface area (Å²) in [5.74, 6) is -0.0613. The summed E-state index contributed by atoms with van der Waals surface area (Å²) >= 11 is 0. The number of carbonyl (C=O) groups is 1. The average Bonchev–Trinajstić information content (AvgIpc) is 3.49. The Morgan fingerprint density at radius 1 is 1.25 bits per heavy atom. The smallest absolute Gasteiger partial charge is 0.287 e. The van der Waals surface area contributed by atoms with E-state index in [-0.39, 0.29) is 23.2 Å². The van der Waals surface area contributed by atoms with Crippen LogP contribution in [0.5, 0.6) is 0 Å². The molecule has 3 heterocycles. The van der Waals surface area contributed by atoms with Crippen LogP contribution in [-0.2, 0) is 6.54 Å². The van der Waals surface area contributed by atoms with Gasteiger partial charge >= 0.3 is 0 Å². The van der Waals surface area contributed by atoms with Gasteiger partial charge < -0.3 is 9.47 Å². The van der Waals surface area contributed by atoms with Crippen molar-refractivity contribution in [1.82, 2.24) is 14.5 Å². The summed E-state index contributed by atoms with van der Waals surface area (Å²) in [5.41, 5.74) is 2.83. The van der Waals surface area contributed by atoms with Crippen LogP contribution in [0.2, 0.25) is 0 Å². The highest BCUT2D eigenvalue weighted by atomic mass is 16.6. The molecule has 8 heteroatoms. The number of amides is 1. The van der Waals surface area contributed by atoms with Crippen molar-refractivity contribution in [2.24, 2.45) is 0 Å². The maximum absolute atomic E-state index is 13.3. The van der Waals surface area contributed by atoms with Crippen molar-refractivity contribution in [3.05, 3.63) is 57.9 Å². The Bertz CT molecular complexity index is 1200. The zero-order valence-electron chi connectivity index (χ0n) is 14.8. The minimum Gasteiger partial charge on any atom is -0.333 e. The molecule has 0 spiro atoms. The van der Waals surface area contributed by atoms with Gasteiger partial charge in [-0.15, -0.1) is 0 Å². The summed E-state index contributed by atoms with van der Waals surface area (Å²) in [6.45, 7) is 1.32. The van der Waals surface area contributed by atoms with Crippen molar-refractivity contribution in [3.63, 3.8) is 0 Å². The van der Waals surface area contributed by atoms with Crippen LogP contribution in [0.15, 0.2) is 36.5 Å². The standard InChI is InChI=1S/C20H15N5O3/c21-11-13-4-3-12(10-16(13)25(27)28)17-18-15(2-1-7-22-18)24-9-8-23(14-5-6-14)20(26)19(17)24/h1-4,7,10,14H,5-6,8-9H2. The molecular formula is C20H15N5O3. The lowest BCUT2D eigenvalue weighted by Gasteiger charge is -2.29. The number of fused-ring (bicyclic) bond motifs is 3. The monoisotopic (exact) mass is 373 g/mol. The van der Waals surface area contributed by atoms with Gasteiger partial charge in [0.05, 0.1) is 16.0 Å². The highest BCUT2D eigenvalue weighted by Gasteiger charge is 2.39. The molecule has 3 aromatic rings. The fourth-order valence-electron chi connectivity index (χ4n) is 4.02. The van der Waals surface area contributed by atoms with E-state index in [0.717, 1.165) is 18.4 Å². The topological polar surface area (TPSA) is 105 Å². The van der Waals surface area contributed by atoms with Gasteiger partial charge in [-0.1, -0.05) is 6.07 Å².